The molecule has 0 unspecified atom stereocenters. The number of aryl methyl sites for hydroxylation is 2. The number of benzene rings is 1. The van der Waals surface area contributed by atoms with E-state index in [0.717, 1.165) is 40.8 Å². The normalized spacial score (nSPS) is 14.3. The van der Waals surface area contributed by atoms with Gasteiger partial charge >= 0.3 is 0 Å². The summed E-state index contributed by atoms with van der Waals surface area (Å²) in [6, 6.07) is 13.3. The van der Waals surface area contributed by atoms with Crippen molar-refractivity contribution in [2.24, 2.45) is 0 Å². The molecule has 2 aromatic heterocycles. The second-order valence-electron chi connectivity index (χ2n) is 7.46. The minimum absolute atomic E-state index is 0.0360. The smallest absolute Gasteiger partial charge is 0.236 e. The molecule has 1 aliphatic rings. The quantitative estimate of drug-likeness (QED) is 0.639. The molecule has 4 rings (SSSR count). The Morgan fingerprint density at radius 1 is 1.10 bits per heavy atom. The number of halogens is 1. The third-order valence-electron chi connectivity index (χ3n) is 5.42. The molecule has 3 aromatic rings. The zero-order chi connectivity index (χ0) is 20.6. The summed E-state index contributed by atoms with van der Waals surface area (Å²) in [5, 5.41) is 3.67. The first kappa shape index (κ1) is 19.4. The summed E-state index contributed by atoms with van der Waals surface area (Å²) in [5.41, 5.74) is 4.11. The average Bonchev–Trinajstić information content (AvgIpc) is 3.52. The Bertz CT molecular complexity index is 1080. The maximum Gasteiger partial charge on any atom is 0.236 e. The minimum atomic E-state index is -0.491. The van der Waals surface area contributed by atoms with Crippen molar-refractivity contribution in [1.29, 1.82) is 0 Å². The van der Waals surface area contributed by atoms with Gasteiger partial charge in [0.15, 0.2) is 0 Å². The monoisotopic (exact) mass is 407 g/mol. The molecule has 0 radical (unpaired) electrons. The number of amides is 1. The number of ether oxygens (including phenoxy) is 1. The number of anilines is 1. The van der Waals surface area contributed by atoms with Crippen LogP contribution in [-0.2, 0) is 10.2 Å². The maximum absolute atomic E-state index is 13.0. The number of rotatable bonds is 5. The topological polar surface area (TPSA) is 64.1 Å². The van der Waals surface area contributed by atoms with Crippen LogP contribution >= 0.6 is 11.6 Å². The van der Waals surface area contributed by atoms with Crippen molar-refractivity contribution >= 4 is 23.3 Å². The van der Waals surface area contributed by atoms with Gasteiger partial charge in [-0.2, -0.15) is 0 Å². The third kappa shape index (κ3) is 3.70. The number of nitrogens with one attached hydrogen (secondary N) is 1. The van der Waals surface area contributed by atoms with Gasteiger partial charge in [-0.25, -0.2) is 9.97 Å². The molecule has 1 fully saturated rings. The number of methoxy groups -OCH3 is 1. The Morgan fingerprint density at radius 2 is 1.83 bits per heavy atom. The molecule has 1 N–H and O–H groups in total. The summed E-state index contributed by atoms with van der Waals surface area (Å²) in [6.45, 7) is 3.93. The molecule has 0 spiro atoms. The first-order chi connectivity index (χ1) is 13.9. The van der Waals surface area contributed by atoms with E-state index in [9.17, 15) is 4.79 Å². The number of nitrogens with zero attached hydrogens (tertiary/aromatic N) is 2. The highest BCUT2D eigenvalue weighted by Crippen LogP contribution is 2.49. The largest absolute Gasteiger partial charge is 0.481 e. The van der Waals surface area contributed by atoms with Gasteiger partial charge in [0.2, 0.25) is 11.8 Å². The van der Waals surface area contributed by atoms with Crippen LogP contribution in [0.1, 0.15) is 29.5 Å². The maximum atomic E-state index is 13.0. The van der Waals surface area contributed by atoms with Crippen LogP contribution in [0.3, 0.4) is 0 Å². The van der Waals surface area contributed by atoms with Crippen LogP contribution in [0.2, 0.25) is 5.02 Å². The lowest BCUT2D eigenvalue weighted by atomic mass is 9.95. The van der Waals surface area contributed by atoms with Crippen LogP contribution in [-0.4, -0.2) is 23.0 Å². The lowest BCUT2D eigenvalue weighted by Crippen LogP contribution is -2.28. The van der Waals surface area contributed by atoms with E-state index in [1.54, 1.807) is 13.3 Å². The molecule has 0 aliphatic heterocycles. The van der Waals surface area contributed by atoms with Crippen LogP contribution in [0.15, 0.2) is 48.7 Å². The average molecular weight is 408 g/mol. The fourth-order valence-electron chi connectivity index (χ4n) is 3.57. The second-order valence-corrected chi connectivity index (χ2v) is 7.89. The Kier molecular flexibility index (Phi) is 5.01. The molecule has 0 saturated heterocycles. The highest BCUT2D eigenvalue weighted by Gasteiger charge is 2.51. The van der Waals surface area contributed by atoms with Crippen molar-refractivity contribution in [3.05, 3.63) is 70.4 Å². The van der Waals surface area contributed by atoms with Gasteiger partial charge in [-0.15, -0.1) is 0 Å². The summed E-state index contributed by atoms with van der Waals surface area (Å²) < 4.78 is 5.24. The molecule has 5 nitrogen and oxygen atoms in total. The first-order valence-electron chi connectivity index (χ1n) is 9.49. The van der Waals surface area contributed by atoms with Crippen molar-refractivity contribution < 1.29 is 9.53 Å². The van der Waals surface area contributed by atoms with Crippen LogP contribution in [0, 0.1) is 13.8 Å². The zero-order valence-corrected chi connectivity index (χ0v) is 17.4. The summed E-state index contributed by atoms with van der Waals surface area (Å²) in [5.74, 6) is 1.09. The van der Waals surface area contributed by atoms with E-state index in [1.165, 1.54) is 0 Å². The van der Waals surface area contributed by atoms with Gasteiger partial charge in [0, 0.05) is 22.3 Å². The van der Waals surface area contributed by atoms with Crippen LogP contribution in [0.25, 0.3) is 11.3 Å². The summed E-state index contributed by atoms with van der Waals surface area (Å²) in [4.78, 5) is 22.1. The van der Waals surface area contributed by atoms with Gasteiger partial charge < -0.3 is 10.1 Å². The van der Waals surface area contributed by atoms with E-state index in [2.05, 4.69) is 10.3 Å². The van der Waals surface area contributed by atoms with Gasteiger partial charge in [-0.1, -0.05) is 29.8 Å². The Balaban J connectivity index is 1.60. The predicted octanol–water partition coefficient (Wildman–Crippen LogP) is 5.09. The molecule has 29 heavy (non-hydrogen) atoms. The van der Waals surface area contributed by atoms with Gasteiger partial charge in [0.25, 0.3) is 0 Å². The predicted molar refractivity (Wildman–Crippen MR) is 114 cm³/mol. The Hall–Kier alpha value is -2.92. The van der Waals surface area contributed by atoms with Crippen molar-refractivity contribution in [3.8, 4) is 17.1 Å². The molecule has 1 aromatic carbocycles. The molecule has 0 bridgehead atoms. The van der Waals surface area contributed by atoms with E-state index >= 15 is 0 Å². The van der Waals surface area contributed by atoms with Crippen LogP contribution < -0.4 is 10.1 Å². The number of hydrogen-bond donors (Lipinski definition) is 1. The van der Waals surface area contributed by atoms with E-state index in [0.29, 0.717) is 16.7 Å². The standard InChI is InChI=1S/C23H22ClN3O2/c1-14-4-9-19(26-20(14)16-12-15(2)21(29-3)25-13-16)27-22(28)23(10-11-23)17-5-7-18(24)8-6-17/h4-9,12-13H,10-11H2,1-3H3,(H,26,27,28). The number of carbonyl (C=O) groups excluding carboxylic acids is 1. The van der Waals surface area contributed by atoms with E-state index in [-0.39, 0.29) is 5.91 Å². The first-order valence-corrected chi connectivity index (χ1v) is 9.87. The molecule has 148 valence electrons. The van der Waals surface area contributed by atoms with E-state index in [4.69, 9.17) is 21.3 Å². The SMILES string of the molecule is COc1ncc(-c2nc(NC(=O)C3(c4ccc(Cl)cc4)CC3)ccc2C)cc1C. The molecule has 6 heteroatoms. The molecular weight excluding hydrogens is 386 g/mol. The lowest BCUT2D eigenvalue weighted by molar-refractivity contribution is -0.118. The van der Waals surface area contributed by atoms with Crippen molar-refractivity contribution in [1.82, 2.24) is 9.97 Å². The molecule has 1 amide bonds. The number of carbonyl (C=O) groups is 1. The molecule has 1 saturated carbocycles. The van der Waals surface area contributed by atoms with E-state index < -0.39 is 5.41 Å². The van der Waals surface area contributed by atoms with Crippen molar-refractivity contribution in [3.63, 3.8) is 0 Å². The molecule has 1 aliphatic carbocycles. The number of hydrogen-bond acceptors (Lipinski definition) is 4. The molecular formula is C23H22ClN3O2. The molecule has 0 atom stereocenters. The van der Waals surface area contributed by atoms with Crippen LogP contribution in [0.5, 0.6) is 5.88 Å². The number of aromatic nitrogens is 2. The van der Waals surface area contributed by atoms with Gasteiger partial charge in [0.05, 0.1) is 18.2 Å². The van der Waals surface area contributed by atoms with Crippen LogP contribution in [0.4, 0.5) is 5.82 Å². The van der Waals surface area contributed by atoms with Gasteiger partial charge in [-0.05, 0) is 62.1 Å². The highest BCUT2D eigenvalue weighted by molar-refractivity contribution is 6.30. The van der Waals surface area contributed by atoms with Crippen molar-refractivity contribution in [2.75, 3.05) is 12.4 Å². The third-order valence-corrected chi connectivity index (χ3v) is 5.67. The summed E-state index contributed by atoms with van der Waals surface area (Å²) in [6.07, 6.45) is 3.38. The van der Waals surface area contributed by atoms with E-state index in [1.807, 2.05) is 56.3 Å². The minimum Gasteiger partial charge on any atom is -0.481 e. The number of pyridine rings is 2. The summed E-state index contributed by atoms with van der Waals surface area (Å²) >= 11 is 5.99. The Morgan fingerprint density at radius 3 is 2.45 bits per heavy atom. The lowest BCUT2D eigenvalue weighted by Gasteiger charge is -2.16. The molecule has 2 heterocycles. The zero-order valence-electron chi connectivity index (χ0n) is 16.6. The fourth-order valence-corrected chi connectivity index (χ4v) is 3.70. The van der Waals surface area contributed by atoms with Gasteiger partial charge in [0.1, 0.15) is 5.82 Å². The summed E-state index contributed by atoms with van der Waals surface area (Å²) in [7, 11) is 1.60. The second kappa shape index (κ2) is 7.48. The fraction of sp³-hybridized carbons (Fsp3) is 0.261. The Labute approximate surface area is 175 Å². The van der Waals surface area contributed by atoms with Crippen molar-refractivity contribution in [2.45, 2.75) is 32.1 Å². The highest BCUT2D eigenvalue weighted by atomic mass is 35.5. The van der Waals surface area contributed by atoms with Gasteiger partial charge in [-0.3, -0.25) is 4.79 Å².